The highest BCUT2D eigenvalue weighted by Gasteiger charge is 2.47. The molecule has 1 aliphatic heterocycles. The lowest BCUT2D eigenvalue weighted by Crippen LogP contribution is -2.51. The maximum absolute atomic E-state index is 12.0. The van der Waals surface area contributed by atoms with E-state index in [1.807, 2.05) is 30.9 Å². The molecule has 0 aromatic carbocycles. The van der Waals surface area contributed by atoms with Gasteiger partial charge in [0.15, 0.2) is 5.65 Å². The largest absolute Gasteiger partial charge is 0.479 e. The van der Waals surface area contributed by atoms with Crippen molar-refractivity contribution in [3.63, 3.8) is 0 Å². The average molecular weight is 288 g/mol. The molecule has 6 nitrogen and oxygen atoms in total. The summed E-state index contributed by atoms with van der Waals surface area (Å²) in [7, 11) is 0. The molecule has 0 radical (unpaired) electrons. The number of hydrogen-bond acceptors (Lipinski definition) is 4. The van der Waals surface area contributed by atoms with Crippen LogP contribution < -0.4 is 4.90 Å². The Bertz CT molecular complexity index is 681. The number of carboxylic acid groups (broad SMARTS) is 1. The van der Waals surface area contributed by atoms with Crippen molar-refractivity contribution in [2.75, 3.05) is 11.4 Å². The van der Waals surface area contributed by atoms with Crippen LogP contribution in [-0.2, 0) is 4.79 Å². The lowest BCUT2D eigenvalue weighted by molar-refractivity contribution is -0.143. The summed E-state index contributed by atoms with van der Waals surface area (Å²) in [6.45, 7) is 4.77. The van der Waals surface area contributed by atoms with Gasteiger partial charge in [-0.2, -0.15) is 9.61 Å². The number of fused-ring (bicyclic) bond motifs is 1. The van der Waals surface area contributed by atoms with Crippen molar-refractivity contribution in [1.82, 2.24) is 14.6 Å². The van der Waals surface area contributed by atoms with Crippen LogP contribution in [0.15, 0.2) is 18.5 Å². The molecule has 1 fully saturated rings. The fourth-order valence-electron chi connectivity index (χ4n) is 3.44. The van der Waals surface area contributed by atoms with Crippen LogP contribution in [0.25, 0.3) is 5.65 Å². The third-order valence-electron chi connectivity index (χ3n) is 4.33. The van der Waals surface area contributed by atoms with Gasteiger partial charge in [-0.15, -0.1) is 0 Å². The smallest absolute Gasteiger partial charge is 0.329 e. The molecule has 21 heavy (non-hydrogen) atoms. The first-order valence-electron chi connectivity index (χ1n) is 7.40. The van der Waals surface area contributed by atoms with Gasteiger partial charge in [0.25, 0.3) is 0 Å². The van der Waals surface area contributed by atoms with Crippen molar-refractivity contribution in [2.24, 2.45) is 0 Å². The minimum atomic E-state index is -0.818. The van der Waals surface area contributed by atoms with Crippen LogP contribution in [0.4, 0.5) is 5.82 Å². The molecule has 0 aliphatic carbocycles. The van der Waals surface area contributed by atoms with E-state index in [0.29, 0.717) is 12.8 Å². The Morgan fingerprint density at radius 3 is 3.00 bits per heavy atom. The van der Waals surface area contributed by atoms with Gasteiger partial charge in [0.2, 0.25) is 0 Å². The van der Waals surface area contributed by atoms with E-state index >= 15 is 0 Å². The minimum Gasteiger partial charge on any atom is -0.479 e. The summed E-state index contributed by atoms with van der Waals surface area (Å²) in [5.41, 5.74) is 1.00. The van der Waals surface area contributed by atoms with Crippen LogP contribution in [0.1, 0.15) is 38.2 Å². The molecule has 1 N–H and O–H groups in total. The lowest BCUT2D eigenvalue weighted by Gasteiger charge is -2.36. The van der Waals surface area contributed by atoms with Crippen molar-refractivity contribution in [2.45, 2.75) is 45.1 Å². The summed E-state index contributed by atoms with van der Waals surface area (Å²) in [6.07, 6.45) is 4.56. The molecule has 1 unspecified atom stereocenters. The van der Waals surface area contributed by atoms with Crippen molar-refractivity contribution in [1.29, 1.82) is 0 Å². The molecule has 2 aromatic rings. The second-order valence-corrected chi connectivity index (χ2v) is 5.76. The molecule has 1 aliphatic rings. The first-order valence-corrected chi connectivity index (χ1v) is 7.40. The number of hydrogen-bond donors (Lipinski definition) is 1. The summed E-state index contributed by atoms with van der Waals surface area (Å²) < 4.78 is 1.74. The number of pyridine rings is 1. The van der Waals surface area contributed by atoms with Crippen LogP contribution in [-0.4, -0.2) is 37.8 Å². The minimum absolute atomic E-state index is 0.645. The standard InChI is InChI=1S/C15H20N4O2/c1-3-5-15(14(20)21)6-4-7-18(15)13-9-11(2)8-12-16-10-17-19(12)13/h8-10H,3-7H2,1-2H3,(H,20,21). The van der Waals surface area contributed by atoms with E-state index in [-0.39, 0.29) is 0 Å². The molecule has 3 heterocycles. The van der Waals surface area contributed by atoms with Crippen LogP contribution in [0.2, 0.25) is 0 Å². The number of carbonyl (C=O) groups is 1. The van der Waals surface area contributed by atoms with Gasteiger partial charge in [-0.25, -0.2) is 9.78 Å². The van der Waals surface area contributed by atoms with E-state index in [9.17, 15) is 9.90 Å². The molecular formula is C15H20N4O2. The second-order valence-electron chi connectivity index (χ2n) is 5.76. The van der Waals surface area contributed by atoms with E-state index in [2.05, 4.69) is 10.1 Å². The quantitative estimate of drug-likeness (QED) is 0.934. The fourth-order valence-corrected chi connectivity index (χ4v) is 3.44. The molecule has 2 aromatic heterocycles. The van der Waals surface area contributed by atoms with Gasteiger partial charge >= 0.3 is 5.97 Å². The molecule has 0 saturated carbocycles. The highest BCUT2D eigenvalue weighted by Crippen LogP contribution is 2.38. The van der Waals surface area contributed by atoms with Gasteiger partial charge in [0.05, 0.1) is 0 Å². The zero-order chi connectivity index (χ0) is 15.0. The van der Waals surface area contributed by atoms with Gasteiger partial charge in [-0.1, -0.05) is 13.3 Å². The molecule has 0 spiro atoms. The Hall–Kier alpha value is -2.11. The molecule has 0 amide bonds. The number of aryl methyl sites for hydroxylation is 1. The molecule has 0 bridgehead atoms. The molecular weight excluding hydrogens is 268 g/mol. The normalized spacial score (nSPS) is 22.1. The Morgan fingerprint density at radius 2 is 2.29 bits per heavy atom. The summed E-state index contributed by atoms with van der Waals surface area (Å²) in [5, 5.41) is 14.1. The topological polar surface area (TPSA) is 70.7 Å². The predicted molar refractivity (Wildman–Crippen MR) is 79.6 cm³/mol. The van der Waals surface area contributed by atoms with E-state index < -0.39 is 11.5 Å². The van der Waals surface area contributed by atoms with Gasteiger partial charge < -0.3 is 10.0 Å². The Kier molecular flexibility index (Phi) is 3.31. The van der Waals surface area contributed by atoms with Crippen molar-refractivity contribution in [3.8, 4) is 0 Å². The van der Waals surface area contributed by atoms with Crippen molar-refractivity contribution in [3.05, 3.63) is 24.0 Å². The highest BCUT2D eigenvalue weighted by atomic mass is 16.4. The monoisotopic (exact) mass is 288 g/mol. The number of carboxylic acids is 1. The molecule has 112 valence electrons. The number of rotatable bonds is 4. The molecule has 1 saturated heterocycles. The number of aliphatic carboxylic acids is 1. The summed E-state index contributed by atoms with van der Waals surface area (Å²) in [5.74, 6) is 0.0903. The van der Waals surface area contributed by atoms with Gasteiger partial charge in [0, 0.05) is 6.54 Å². The average Bonchev–Trinajstić information content (AvgIpc) is 3.05. The van der Waals surface area contributed by atoms with E-state index in [0.717, 1.165) is 36.4 Å². The fraction of sp³-hybridized carbons (Fsp3) is 0.533. The predicted octanol–water partition coefficient (Wildman–Crippen LogP) is 2.26. The molecule has 6 heteroatoms. The number of nitrogens with zero attached hydrogens (tertiary/aromatic N) is 4. The second kappa shape index (κ2) is 5.02. The van der Waals surface area contributed by atoms with Crippen molar-refractivity contribution >= 4 is 17.4 Å². The van der Waals surface area contributed by atoms with E-state index in [1.54, 1.807) is 4.52 Å². The molecule has 3 rings (SSSR count). The first kappa shape index (κ1) is 13.9. The number of aromatic nitrogens is 3. The Labute approximate surface area is 123 Å². The van der Waals surface area contributed by atoms with Crippen LogP contribution >= 0.6 is 0 Å². The summed E-state index contributed by atoms with van der Waals surface area (Å²) >= 11 is 0. The Morgan fingerprint density at radius 1 is 1.48 bits per heavy atom. The van der Waals surface area contributed by atoms with Crippen LogP contribution in [0.5, 0.6) is 0 Å². The van der Waals surface area contributed by atoms with Crippen LogP contribution in [0.3, 0.4) is 0 Å². The zero-order valence-electron chi connectivity index (χ0n) is 12.4. The summed E-state index contributed by atoms with van der Waals surface area (Å²) in [6, 6.07) is 3.95. The third-order valence-corrected chi connectivity index (χ3v) is 4.33. The van der Waals surface area contributed by atoms with Gasteiger partial charge in [-0.05, 0) is 43.9 Å². The van der Waals surface area contributed by atoms with Gasteiger partial charge in [0.1, 0.15) is 17.7 Å². The lowest BCUT2D eigenvalue weighted by atomic mass is 9.90. The maximum atomic E-state index is 12.0. The highest BCUT2D eigenvalue weighted by molar-refractivity contribution is 5.84. The third kappa shape index (κ3) is 2.05. The summed E-state index contributed by atoms with van der Waals surface area (Å²) in [4.78, 5) is 18.2. The SMILES string of the molecule is CCCC1(C(=O)O)CCCN1c1cc(C)cc2ncnn12. The Balaban J connectivity index is 2.16. The van der Waals surface area contributed by atoms with Crippen molar-refractivity contribution < 1.29 is 9.90 Å². The van der Waals surface area contributed by atoms with E-state index in [1.165, 1.54) is 6.33 Å². The van der Waals surface area contributed by atoms with Gasteiger partial charge in [-0.3, -0.25) is 0 Å². The van der Waals surface area contributed by atoms with Crippen LogP contribution in [0, 0.1) is 6.92 Å². The molecule has 1 atom stereocenters. The number of anilines is 1. The maximum Gasteiger partial charge on any atom is 0.329 e. The zero-order valence-corrected chi connectivity index (χ0v) is 12.4. The van der Waals surface area contributed by atoms with E-state index in [4.69, 9.17) is 0 Å². The first-order chi connectivity index (χ1) is 10.1.